The normalized spacial score (nSPS) is 11.8. The fourth-order valence-electron chi connectivity index (χ4n) is 1.81. The lowest BCUT2D eigenvalue weighted by Crippen LogP contribution is -2.18. The van der Waals surface area contributed by atoms with Crippen molar-refractivity contribution in [2.24, 2.45) is 0 Å². The van der Waals surface area contributed by atoms with Gasteiger partial charge in [-0.1, -0.05) is 23.7 Å². The second kappa shape index (κ2) is 5.22. The lowest BCUT2D eigenvalue weighted by atomic mass is 10.2. The van der Waals surface area contributed by atoms with Gasteiger partial charge < -0.3 is 5.32 Å². The molecular formula is C12H11ClF3N3. The summed E-state index contributed by atoms with van der Waals surface area (Å²) in [6.07, 6.45) is -3.30. The number of alkyl halides is 3. The van der Waals surface area contributed by atoms with Gasteiger partial charge in [0.25, 0.3) is 0 Å². The van der Waals surface area contributed by atoms with E-state index in [9.17, 15) is 13.2 Å². The molecule has 0 spiro atoms. The summed E-state index contributed by atoms with van der Waals surface area (Å²) in [5.41, 5.74) is -0.524. The molecule has 7 heteroatoms. The van der Waals surface area contributed by atoms with Crippen molar-refractivity contribution in [2.45, 2.75) is 12.7 Å². The maximum atomic E-state index is 13.2. The number of rotatable bonds is 3. The molecule has 19 heavy (non-hydrogen) atoms. The average Bonchev–Trinajstić information content (AvgIpc) is 2.73. The van der Waals surface area contributed by atoms with Gasteiger partial charge in [0, 0.05) is 12.1 Å². The molecular weight excluding hydrogens is 279 g/mol. The molecule has 1 aromatic carbocycles. The van der Waals surface area contributed by atoms with E-state index in [4.69, 9.17) is 11.6 Å². The zero-order chi connectivity index (χ0) is 14.0. The number of nitrogens with one attached hydrogen (secondary N) is 1. The first kappa shape index (κ1) is 13.9. The Morgan fingerprint density at radius 1 is 1.32 bits per heavy atom. The van der Waals surface area contributed by atoms with Crippen molar-refractivity contribution in [3.8, 4) is 5.69 Å². The highest BCUT2D eigenvalue weighted by Crippen LogP contribution is 2.34. The van der Waals surface area contributed by atoms with Crippen LogP contribution in [0.3, 0.4) is 0 Å². The first-order chi connectivity index (χ1) is 8.95. The van der Waals surface area contributed by atoms with Crippen LogP contribution in [0, 0.1) is 0 Å². The van der Waals surface area contributed by atoms with Crippen molar-refractivity contribution in [2.75, 3.05) is 7.05 Å². The monoisotopic (exact) mass is 289 g/mol. The Morgan fingerprint density at radius 3 is 2.58 bits per heavy atom. The van der Waals surface area contributed by atoms with Crippen LogP contribution in [0.4, 0.5) is 13.2 Å². The van der Waals surface area contributed by atoms with Crippen molar-refractivity contribution < 1.29 is 13.2 Å². The van der Waals surface area contributed by atoms with E-state index in [1.807, 2.05) is 0 Å². The first-order valence-corrected chi connectivity index (χ1v) is 5.86. The van der Waals surface area contributed by atoms with Crippen molar-refractivity contribution in [1.82, 2.24) is 15.1 Å². The number of hydrogen-bond donors (Lipinski definition) is 1. The van der Waals surface area contributed by atoms with Gasteiger partial charge in [-0.05, 0) is 19.2 Å². The van der Waals surface area contributed by atoms with Gasteiger partial charge in [-0.2, -0.15) is 18.3 Å². The summed E-state index contributed by atoms with van der Waals surface area (Å²) in [7, 11) is 1.58. The summed E-state index contributed by atoms with van der Waals surface area (Å²) in [4.78, 5) is 0. The van der Waals surface area contributed by atoms with Crippen molar-refractivity contribution >= 4 is 11.6 Å². The second-order valence-corrected chi connectivity index (χ2v) is 4.32. The zero-order valence-electron chi connectivity index (χ0n) is 10.0. The summed E-state index contributed by atoms with van der Waals surface area (Å²) in [6.45, 7) is 0.0826. The molecule has 0 amide bonds. The van der Waals surface area contributed by atoms with Crippen LogP contribution in [0.5, 0.6) is 0 Å². The largest absolute Gasteiger partial charge is 0.433 e. The molecule has 0 aliphatic rings. The second-order valence-electron chi connectivity index (χ2n) is 3.91. The highest BCUT2D eigenvalue weighted by molar-refractivity contribution is 6.32. The molecule has 1 N–H and O–H groups in total. The van der Waals surface area contributed by atoms with Crippen molar-refractivity contribution in [1.29, 1.82) is 0 Å². The van der Waals surface area contributed by atoms with Gasteiger partial charge in [0.1, 0.15) is 0 Å². The lowest BCUT2D eigenvalue weighted by molar-refractivity contribution is -0.143. The molecule has 0 radical (unpaired) electrons. The SMILES string of the molecule is CNCc1cnn(-c2ccccc2Cl)c1C(F)(F)F. The van der Waals surface area contributed by atoms with E-state index in [-0.39, 0.29) is 22.8 Å². The van der Waals surface area contributed by atoms with E-state index in [1.165, 1.54) is 18.3 Å². The highest BCUT2D eigenvalue weighted by Gasteiger charge is 2.38. The quantitative estimate of drug-likeness (QED) is 0.940. The van der Waals surface area contributed by atoms with E-state index >= 15 is 0 Å². The Kier molecular flexibility index (Phi) is 3.82. The molecule has 2 rings (SSSR count). The third-order valence-corrected chi connectivity index (χ3v) is 2.88. The van der Waals surface area contributed by atoms with Crippen molar-refractivity contribution in [3.63, 3.8) is 0 Å². The minimum atomic E-state index is -4.50. The number of halogens is 4. The molecule has 0 saturated carbocycles. The van der Waals surface area contributed by atoms with E-state index in [0.717, 1.165) is 4.68 Å². The predicted molar refractivity (Wildman–Crippen MR) is 66.3 cm³/mol. The minimum absolute atomic E-state index is 0.0786. The summed E-state index contributed by atoms with van der Waals surface area (Å²) >= 11 is 5.92. The van der Waals surface area contributed by atoms with Gasteiger partial charge in [-0.25, -0.2) is 4.68 Å². The minimum Gasteiger partial charge on any atom is -0.316 e. The summed E-state index contributed by atoms with van der Waals surface area (Å²) in [6, 6.07) is 6.28. The Morgan fingerprint density at radius 2 is 2.00 bits per heavy atom. The molecule has 0 aliphatic carbocycles. The van der Waals surface area contributed by atoms with Gasteiger partial charge in [0.15, 0.2) is 5.69 Å². The number of aromatic nitrogens is 2. The molecule has 1 aromatic heterocycles. The number of hydrogen-bond acceptors (Lipinski definition) is 2. The number of benzene rings is 1. The highest BCUT2D eigenvalue weighted by atomic mass is 35.5. The van der Waals surface area contributed by atoms with E-state index in [2.05, 4.69) is 10.4 Å². The zero-order valence-corrected chi connectivity index (χ0v) is 10.8. The summed E-state index contributed by atoms with van der Waals surface area (Å²) in [5.74, 6) is 0. The molecule has 2 aromatic rings. The average molecular weight is 290 g/mol. The third kappa shape index (κ3) is 2.74. The van der Waals surface area contributed by atoms with Gasteiger partial charge in [-0.3, -0.25) is 0 Å². The van der Waals surface area contributed by atoms with Gasteiger partial charge in [-0.15, -0.1) is 0 Å². The van der Waals surface area contributed by atoms with Crippen LogP contribution in [0.25, 0.3) is 5.69 Å². The van der Waals surface area contributed by atoms with Crippen LogP contribution < -0.4 is 5.32 Å². The smallest absolute Gasteiger partial charge is 0.316 e. The van der Waals surface area contributed by atoms with Crippen LogP contribution >= 0.6 is 11.6 Å². The lowest BCUT2D eigenvalue weighted by Gasteiger charge is -2.13. The molecule has 0 fully saturated rings. The molecule has 0 atom stereocenters. The molecule has 0 bridgehead atoms. The summed E-state index contributed by atoms with van der Waals surface area (Å²) < 4.78 is 40.3. The van der Waals surface area contributed by atoms with Crippen LogP contribution in [-0.4, -0.2) is 16.8 Å². The Balaban J connectivity index is 2.62. The van der Waals surface area contributed by atoms with Crippen LogP contribution in [0.1, 0.15) is 11.3 Å². The Hall–Kier alpha value is -1.53. The molecule has 0 saturated heterocycles. The molecule has 1 heterocycles. The standard InChI is InChI=1S/C12H11ClF3N3/c1-17-6-8-7-18-19(11(8)12(14,15)16)10-5-3-2-4-9(10)13/h2-5,7,17H,6H2,1H3. The van der Waals surface area contributed by atoms with E-state index in [1.54, 1.807) is 19.2 Å². The predicted octanol–water partition coefficient (Wildman–Crippen LogP) is 3.26. The van der Waals surface area contributed by atoms with Gasteiger partial charge in [0.2, 0.25) is 0 Å². The number of nitrogens with zero attached hydrogens (tertiary/aromatic N) is 2. The fraction of sp³-hybridized carbons (Fsp3) is 0.250. The third-order valence-electron chi connectivity index (χ3n) is 2.56. The van der Waals surface area contributed by atoms with E-state index < -0.39 is 11.9 Å². The molecule has 0 unspecified atom stereocenters. The van der Waals surface area contributed by atoms with Gasteiger partial charge >= 0.3 is 6.18 Å². The number of para-hydroxylation sites is 1. The van der Waals surface area contributed by atoms with Gasteiger partial charge in [0.05, 0.1) is 16.9 Å². The van der Waals surface area contributed by atoms with Crippen LogP contribution in [-0.2, 0) is 12.7 Å². The topological polar surface area (TPSA) is 29.9 Å². The molecule has 3 nitrogen and oxygen atoms in total. The Labute approximate surface area is 113 Å². The fourth-order valence-corrected chi connectivity index (χ4v) is 2.03. The van der Waals surface area contributed by atoms with Crippen LogP contribution in [0.2, 0.25) is 5.02 Å². The maximum Gasteiger partial charge on any atom is 0.433 e. The van der Waals surface area contributed by atoms with Crippen molar-refractivity contribution in [3.05, 3.63) is 46.7 Å². The van der Waals surface area contributed by atoms with E-state index in [0.29, 0.717) is 0 Å². The van der Waals surface area contributed by atoms with Crippen LogP contribution in [0.15, 0.2) is 30.5 Å². The first-order valence-electron chi connectivity index (χ1n) is 5.48. The summed E-state index contributed by atoms with van der Waals surface area (Å²) in [5, 5.41) is 6.71. The maximum absolute atomic E-state index is 13.2. The molecule has 102 valence electrons. The molecule has 0 aliphatic heterocycles. The Bertz CT molecular complexity index is 578.